The lowest BCUT2D eigenvalue weighted by molar-refractivity contribution is -0.143. The monoisotopic (exact) mass is 429 g/mol. The van der Waals surface area contributed by atoms with Crippen LogP contribution >= 0.6 is 0 Å². The fourth-order valence-corrected chi connectivity index (χ4v) is 5.65. The van der Waals surface area contributed by atoms with Crippen molar-refractivity contribution in [3.63, 3.8) is 0 Å². The van der Waals surface area contributed by atoms with Crippen LogP contribution in [0.2, 0.25) is 0 Å². The van der Waals surface area contributed by atoms with Crippen LogP contribution < -0.4 is 4.72 Å². The van der Waals surface area contributed by atoms with Crippen molar-refractivity contribution >= 4 is 16.0 Å². The first kappa shape index (κ1) is 22.5. The zero-order valence-corrected chi connectivity index (χ0v) is 19.0. The van der Waals surface area contributed by atoms with Gasteiger partial charge in [0.25, 0.3) is 0 Å². The van der Waals surface area contributed by atoms with E-state index in [2.05, 4.69) is 10.8 Å². The molecule has 1 atom stereocenters. The van der Waals surface area contributed by atoms with E-state index >= 15 is 0 Å². The largest absolute Gasteiger partial charge is 0.466 e. The van der Waals surface area contributed by atoms with E-state index in [0.29, 0.717) is 37.2 Å². The fraction of sp³-hybridized carbons (Fsp3) is 0.458. The van der Waals surface area contributed by atoms with Gasteiger partial charge in [0, 0.05) is 12.5 Å². The summed E-state index contributed by atoms with van der Waals surface area (Å²) in [5.41, 5.74) is 3.93. The van der Waals surface area contributed by atoms with E-state index in [9.17, 15) is 13.2 Å². The van der Waals surface area contributed by atoms with Crippen LogP contribution in [0.1, 0.15) is 56.4 Å². The normalized spacial score (nSPS) is 16.3. The Balaban J connectivity index is 1.71. The first-order valence-corrected chi connectivity index (χ1v) is 12.0. The lowest BCUT2D eigenvalue weighted by atomic mass is 9.87. The lowest BCUT2D eigenvalue weighted by Gasteiger charge is -2.23. The van der Waals surface area contributed by atoms with Crippen molar-refractivity contribution in [2.24, 2.45) is 0 Å². The maximum absolute atomic E-state index is 13.2. The zero-order valence-electron chi connectivity index (χ0n) is 18.2. The van der Waals surface area contributed by atoms with Crippen LogP contribution in [0.15, 0.2) is 47.4 Å². The summed E-state index contributed by atoms with van der Waals surface area (Å²) in [6, 6.07) is 13.2. The van der Waals surface area contributed by atoms with Gasteiger partial charge in [0.1, 0.15) is 0 Å². The van der Waals surface area contributed by atoms with Crippen molar-refractivity contribution in [3.05, 3.63) is 64.7 Å². The highest BCUT2D eigenvalue weighted by atomic mass is 32.2. The first-order chi connectivity index (χ1) is 14.1. The predicted octanol–water partition coefficient (Wildman–Crippen LogP) is 3.93. The van der Waals surface area contributed by atoms with E-state index in [1.165, 1.54) is 0 Å². The van der Waals surface area contributed by atoms with E-state index in [0.717, 1.165) is 22.3 Å². The Hall–Kier alpha value is -2.18. The van der Waals surface area contributed by atoms with Crippen LogP contribution in [-0.4, -0.2) is 27.0 Å². The highest BCUT2D eigenvalue weighted by molar-refractivity contribution is 7.89. The summed E-state index contributed by atoms with van der Waals surface area (Å²) in [6.07, 6.45) is 2.30. The molecule has 0 amide bonds. The molecular formula is C24H31NO4S. The van der Waals surface area contributed by atoms with Crippen molar-refractivity contribution in [1.82, 2.24) is 4.72 Å². The van der Waals surface area contributed by atoms with Gasteiger partial charge < -0.3 is 4.74 Å². The van der Waals surface area contributed by atoms with Gasteiger partial charge in [-0.3, -0.25) is 4.79 Å². The number of carbonyl (C=O) groups excluding carboxylic acids is 1. The van der Waals surface area contributed by atoms with Gasteiger partial charge in [0.05, 0.1) is 11.5 Å². The van der Waals surface area contributed by atoms with Crippen LogP contribution in [0, 0.1) is 0 Å². The Morgan fingerprint density at radius 3 is 2.50 bits per heavy atom. The van der Waals surface area contributed by atoms with Crippen LogP contribution in [0.5, 0.6) is 0 Å². The van der Waals surface area contributed by atoms with Gasteiger partial charge in [0.15, 0.2) is 0 Å². The van der Waals surface area contributed by atoms with E-state index < -0.39 is 10.0 Å². The van der Waals surface area contributed by atoms with Crippen molar-refractivity contribution in [3.8, 4) is 0 Å². The number of rotatable bonds is 7. The molecule has 1 aliphatic rings. The Labute approximate surface area is 179 Å². The first-order valence-electron chi connectivity index (χ1n) is 10.5. The van der Waals surface area contributed by atoms with E-state index in [-0.39, 0.29) is 17.4 Å². The molecule has 0 aromatic heterocycles. The van der Waals surface area contributed by atoms with Gasteiger partial charge in [-0.1, -0.05) is 57.2 Å². The quantitative estimate of drug-likeness (QED) is 0.677. The van der Waals surface area contributed by atoms with E-state index in [1.807, 2.05) is 45.0 Å². The van der Waals surface area contributed by atoms with Crippen LogP contribution in [0.3, 0.4) is 0 Å². The Kier molecular flexibility index (Phi) is 6.68. The van der Waals surface area contributed by atoms with Crippen LogP contribution in [0.25, 0.3) is 0 Å². The average molecular weight is 430 g/mol. The summed E-state index contributed by atoms with van der Waals surface area (Å²) in [5.74, 6) is -0.193. The number of nitrogens with one attached hydrogen (secondary N) is 1. The number of esters is 1. The second-order valence-corrected chi connectivity index (χ2v) is 10.6. The molecule has 0 spiro atoms. The summed E-state index contributed by atoms with van der Waals surface area (Å²) in [5, 5.41) is 0. The zero-order chi connectivity index (χ0) is 21.9. The molecule has 0 fully saturated rings. The van der Waals surface area contributed by atoms with E-state index in [4.69, 9.17) is 4.74 Å². The maximum atomic E-state index is 13.2. The third kappa shape index (κ3) is 5.29. The molecule has 0 bridgehead atoms. The summed E-state index contributed by atoms with van der Waals surface area (Å²) in [7, 11) is -3.62. The van der Waals surface area contributed by atoms with Crippen molar-refractivity contribution in [2.75, 3.05) is 6.61 Å². The predicted molar refractivity (Wildman–Crippen MR) is 118 cm³/mol. The highest BCUT2D eigenvalue weighted by Crippen LogP contribution is 2.30. The smallest absolute Gasteiger partial charge is 0.306 e. The molecule has 1 unspecified atom stereocenters. The molecule has 0 heterocycles. The lowest BCUT2D eigenvalue weighted by Crippen LogP contribution is -2.36. The minimum absolute atomic E-state index is 0.168. The number of ether oxygens (including phenoxy) is 1. The molecular weight excluding hydrogens is 398 g/mol. The van der Waals surface area contributed by atoms with Gasteiger partial charge in [-0.15, -0.1) is 0 Å². The number of hydrogen-bond acceptors (Lipinski definition) is 4. The number of carbonyl (C=O) groups is 1. The standard InChI is InChI=1S/C24H31NO4S/c1-5-29-23(26)13-11-17-10-12-18-15-20(16-19(18)14-17)25-30(27,28)22-9-7-6-8-21(22)24(2,3)4/h6-10,12,14,20,25H,5,11,13,15-16H2,1-4H3. The Morgan fingerprint density at radius 1 is 1.10 bits per heavy atom. The summed E-state index contributed by atoms with van der Waals surface area (Å²) >= 11 is 0. The van der Waals surface area contributed by atoms with Gasteiger partial charge in [-0.2, -0.15) is 0 Å². The van der Waals surface area contributed by atoms with Gasteiger partial charge in [-0.25, -0.2) is 13.1 Å². The van der Waals surface area contributed by atoms with Gasteiger partial charge >= 0.3 is 5.97 Å². The number of sulfonamides is 1. The highest BCUT2D eigenvalue weighted by Gasteiger charge is 2.30. The van der Waals surface area contributed by atoms with Crippen molar-refractivity contribution in [1.29, 1.82) is 0 Å². The second kappa shape index (κ2) is 8.90. The van der Waals surface area contributed by atoms with Gasteiger partial charge in [0.2, 0.25) is 10.0 Å². The number of benzene rings is 2. The third-order valence-electron chi connectivity index (χ3n) is 5.43. The van der Waals surface area contributed by atoms with Crippen molar-refractivity contribution < 1.29 is 17.9 Å². The molecule has 2 aromatic carbocycles. The van der Waals surface area contributed by atoms with Gasteiger partial charge in [-0.05, 0) is 59.9 Å². The molecule has 1 N–H and O–H groups in total. The molecule has 30 heavy (non-hydrogen) atoms. The van der Waals surface area contributed by atoms with Crippen LogP contribution in [0.4, 0.5) is 0 Å². The fourth-order valence-electron chi connectivity index (χ4n) is 3.99. The average Bonchev–Trinajstić information content (AvgIpc) is 3.06. The topological polar surface area (TPSA) is 72.5 Å². The maximum Gasteiger partial charge on any atom is 0.306 e. The molecule has 5 nitrogen and oxygen atoms in total. The molecule has 0 saturated carbocycles. The summed E-state index contributed by atoms with van der Waals surface area (Å²) in [4.78, 5) is 11.9. The number of aryl methyl sites for hydroxylation is 1. The second-order valence-electron chi connectivity index (χ2n) is 8.88. The summed E-state index contributed by atoms with van der Waals surface area (Å²) < 4.78 is 34.2. The SMILES string of the molecule is CCOC(=O)CCc1ccc2c(c1)CC(NS(=O)(=O)c1ccccc1C(C)(C)C)C2. The molecule has 0 radical (unpaired) electrons. The molecule has 6 heteroatoms. The van der Waals surface area contributed by atoms with Crippen LogP contribution in [-0.2, 0) is 44.2 Å². The van der Waals surface area contributed by atoms with E-state index in [1.54, 1.807) is 19.1 Å². The number of fused-ring (bicyclic) bond motifs is 1. The number of hydrogen-bond donors (Lipinski definition) is 1. The minimum atomic E-state index is -3.62. The molecule has 162 valence electrons. The Bertz CT molecular complexity index is 1020. The molecule has 1 aliphatic carbocycles. The molecule has 0 aliphatic heterocycles. The summed E-state index contributed by atoms with van der Waals surface area (Å²) in [6.45, 7) is 8.25. The van der Waals surface area contributed by atoms with Crippen molar-refractivity contribution in [2.45, 2.75) is 69.7 Å². The Morgan fingerprint density at radius 2 is 1.80 bits per heavy atom. The molecule has 2 aromatic rings. The molecule has 0 saturated heterocycles. The molecule has 3 rings (SSSR count). The minimum Gasteiger partial charge on any atom is -0.466 e. The third-order valence-corrected chi connectivity index (χ3v) is 7.01.